The topological polar surface area (TPSA) is 49.3 Å². The van der Waals surface area contributed by atoms with Gasteiger partial charge in [-0.25, -0.2) is 0 Å². The van der Waals surface area contributed by atoms with Gasteiger partial charge in [0, 0.05) is 12.3 Å². The van der Waals surface area contributed by atoms with E-state index in [0.717, 1.165) is 17.5 Å². The SMILES string of the molecule is CC(=O)N[C@H]1CC(C)(C)[C@]1(O)c1ccc(C)cc1. The van der Waals surface area contributed by atoms with E-state index >= 15 is 0 Å². The van der Waals surface area contributed by atoms with Crippen LogP contribution in [0.2, 0.25) is 0 Å². The van der Waals surface area contributed by atoms with Crippen molar-refractivity contribution < 1.29 is 9.90 Å². The van der Waals surface area contributed by atoms with Crippen molar-refractivity contribution in [3.8, 4) is 0 Å². The maximum absolute atomic E-state index is 11.2. The third-order valence-electron chi connectivity index (χ3n) is 4.12. The Morgan fingerprint density at radius 3 is 2.33 bits per heavy atom. The van der Waals surface area contributed by atoms with Crippen molar-refractivity contribution in [2.24, 2.45) is 5.41 Å². The minimum atomic E-state index is -0.980. The lowest BCUT2D eigenvalue weighted by molar-refractivity contribution is -0.186. The molecule has 2 N–H and O–H groups in total. The summed E-state index contributed by atoms with van der Waals surface area (Å²) < 4.78 is 0. The molecule has 0 spiro atoms. The summed E-state index contributed by atoms with van der Waals surface area (Å²) in [5, 5.41) is 13.8. The Labute approximate surface area is 108 Å². The number of carbonyl (C=O) groups is 1. The van der Waals surface area contributed by atoms with Crippen LogP contribution in [-0.4, -0.2) is 17.1 Å². The lowest BCUT2D eigenvalue weighted by atomic mass is 9.53. The first-order chi connectivity index (χ1) is 8.27. The van der Waals surface area contributed by atoms with Crippen molar-refractivity contribution in [1.29, 1.82) is 0 Å². The first-order valence-corrected chi connectivity index (χ1v) is 6.34. The maximum Gasteiger partial charge on any atom is 0.217 e. The van der Waals surface area contributed by atoms with Crippen molar-refractivity contribution in [2.45, 2.75) is 45.8 Å². The second kappa shape index (κ2) is 4.09. The van der Waals surface area contributed by atoms with Crippen LogP contribution >= 0.6 is 0 Å². The zero-order valence-corrected chi connectivity index (χ0v) is 11.4. The van der Waals surface area contributed by atoms with Crippen LogP contribution in [0.4, 0.5) is 0 Å². The van der Waals surface area contributed by atoms with Crippen LogP contribution in [0, 0.1) is 12.3 Å². The number of benzene rings is 1. The van der Waals surface area contributed by atoms with E-state index in [9.17, 15) is 9.90 Å². The molecule has 1 aliphatic carbocycles. The molecule has 1 aromatic carbocycles. The Bertz CT molecular complexity index is 464. The van der Waals surface area contributed by atoms with Gasteiger partial charge >= 0.3 is 0 Å². The molecule has 0 saturated heterocycles. The van der Waals surface area contributed by atoms with Crippen LogP contribution in [0.15, 0.2) is 24.3 Å². The molecule has 0 radical (unpaired) electrons. The van der Waals surface area contributed by atoms with Crippen LogP contribution in [0.25, 0.3) is 0 Å². The summed E-state index contributed by atoms with van der Waals surface area (Å²) in [7, 11) is 0. The fraction of sp³-hybridized carbons (Fsp3) is 0.533. The van der Waals surface area contributed by atoms with Crippen LogP contribution < -0.4 is 5.32 Å². The molecule has 1 aliphatic rings. The lowest BCUT2D eigenvalue weighted by Crippen LogP contribution is -2.68. The Morgan fingerprint density at radius 2 is 1.89 bits per heavy atom. The zero-order valence-electron chi connectivity index (χ0n) is 11.4. The summed E-state index contributed by atoms with van der Waals surface area (Å²) in [5.41, 5.74) is 0.834. The molecule has 1 amide bonds. The number of aliphatic hydroxyl groups is 1. The van der Waals surface area contributed by atoms with Gasteiger partial charge in [0.15, 0.2) is 0 Å². The van der Waals surface area contributed by atoms with Gasteiger partial charge in [0.2, 0.25) is 5.91 Å². The predicted octanol–water partition coefficient (Wildman–Crippen LogP) is 2.12. The predicted molar refractivity (Wildman–Crippen MR) is 71.1 cm³/mol. The second-order valence-corrected chi connectivity index (χ2v) is 5.97. The van der Waals surface area contributed by atoms with Crippen LogP contribution in [0.1, 0.15) is 38.3 Å². The van der Waals surface area contributed by atoms with E-state index in [0.29, 0.717) is 0 Å². The van der Waals surface area contributed by atoms with Gasteiger partial charge in [-0.1, -0.05) is 43.7 Å². The molecule has 1 saturated carbocycles. The van der Waals surface area contributed by atoms with Crippen LogP contribution in [0.3, 0.4) is 0 Å². The molecule has 18 heavy (non-hydrogen) atoms. The van der Waals surface area contributed by atoms with Crippen LogP contribution in [0.5, 0.6) is 0 Å². The maximum atomic E-state index is 11.2. The van der Waals surface area contributed by atoms with E-state index in [1.165, 1.54) is 6.92 Å². The van der Waals surface area contributed by atoms with Gasteiger partial charge in [-0.3, -0.25) is 4.79 Å². The molecule has 3 nitrogen and oxygen atoms in total. The quantitative estimate of drug-likeness (QED) is 0.841. The average Bonchev–Trinajstić information content (AvgIpc) is 2.27. The normalized spacial score (nSPS) is 29.5. The molecule has 0 heterocycles. The molecule has 2 rings (SSSR count). The van der Waals surface area contributed by atoms with Gasteiger partial charge < -0.3 is 10.4 Å². The van der Waals surface area contributed by atoms with Crippen LogP contribution in [-0.2, 0) is 10.4 Å². The van der Waals surface area contributed by atoms with E-state index < -0.39 is 5.60 Å². The van der Waals surface area contributed by atoms with Gasteiger partial charge in [0.1, 0.15) is 5.60 Å². The smallest absolute Gasteiger partial charge is 0.217 e. The number of carbonyl (C=O) groups excluding carboxylic acids is 1. The Hall–Kier alpha value is -1.35. The van der Waals surface area contributed by atoms with Crippen molar-refractivity contribution in [2.75, 3.05) is 0 Å². The standard InChI is InChI=1S/C15H21NO2/c1-10-5-7-12(8-6-10)15(18)13(16-11(2)17)9-14(15,3)4/h5-8,13,18H,9H2,1-4H3,(H,16,17)/t13-,15-/m0/s1. The molecule has 1 fully saturated rings. The van der Waals surface area contributed by atoms with Gasteiger partial charge in [-0.05, 0) is 18.9 Å². The Morgan fingerprint density at radius 1 is 1.33 bits per heavy atom. The van der Waals surface area contributed by atoms with Gasteiger partial charge in [0.05, 0.1) is 6.04 Å². The molecule has 0 unspecified atom stereocenters. The fourth-order valence-electron chi connectivity index (χ4n) is 2.95. The van der Waals surface area contributed by atoms with Crippen molar-refractivity contribution in [3.05, 3.63) is 35.4 Å². The summed E-state index contributed by atoms with van der Waals surface area (Å²) in [6, 6.07) is 7.68. The molecule has 3 heteroatoms. The van der Waals surface area contributed by atoms with Crippen molar-refractivity contribution >= 4 is 5.91 Å². The number of amides is 1. The van der Waals surface area contributed by atoms with Crippen molar-refractivity contribution in [1.82, 2.24) is 5.32 Å². The van der Waals surface area contributed by atoms with Gasteiger partial charge in [-0.15, -0.1) is 0 Å². The summed E-state index contributed by atoms with van der Waals surface area (Å²) in [6.07, 6.45) is 0.789. The second-order valence-electron chi connectivity index (χ2n) is 5.97. The van der Waals surface area contributed by atoms with E-state index in [2.05, 4.69) is 5.32 Å². The Kier molecular flexibility index (Phi) is 2.98. The van der Waals surface area contributed by atoms with Gasteiger partial charge in [0.25, 0.3) is 0 Å². The summed E-state index contributed by atoms with van der Waals surface area (Å²) in [6.45, 7) is 7.57. The highest BCUT2D eigenvalue weighted by Crippen LogP contribution is 2.55. The van der Waals surface area contributed by atoms with E-state index in [-0.39, 0.29) is 17.4 Å². The number of hydrogen-bond donors (Lipinski definition) is 2. The minimum absolute atomic E-state index is 0.0963. The molecule has 0 aliphatic heterocycles. The molecule has 2 atom stereocenters. The number of rotatable bonds is 2. The molecular weight excluding hydrogens is 226 g/mol. The fourth-order valence-corrected chi connectivity index (χ4v) is 2.95. The zero-order chi connectivity index (χ0) is 13.6. The highest BCUT2D eigenvalue weighted by molar-refractivity contribution is 5.73. The molecule has 1 aromatic rings. The highest BCUT2D eigenvalue weighted by atomic mass is 16.3. The molecule has 0 bridgehead atoms. The lowest BCUT2D eigenvalue weighted by Gasteiger charge is -2.58. The minimum Gasteiger partial charge on any atom is -0.382 e. The summed E-state index contributed by atoms with van der Waals surface area (Å²) in [5.74, 6) is -0.0963. The third kappa shape index (κ3) is 1.83. The van der Waals surface area contributed by atoms with E-state index in [1.807, 2.05) is 45.0 Å². The number of nitrogens with one attached hydrogen (secondary N) is 1. The molecule has 98 valence electrons. The third-order valence-corrected chi connectivity index (χ3v) is 4.12. The largest absolute Gasteiger partial charge is 0.382 e. The van der Waals surface area contributed by atoms with Gasteiger partial charge in [-0.2, -0.15) is 0 Å². The van der Waals surface area contributed by atoms with Crippen molar-refractivity contribution in [3.63, 3.8) is 0 Å². The Balaban J connectivity index is 2.35. The summed E-state index contributed by atoms with van der Waals surface area (Å²) in [4.78, 5) is 11.2. The monoisotopic (exact) mass is 247 g/mol. The molecular formula is C15H21NO2. The number of aryl methyl sites for hydroxylation is 1. The first-order valence-electron chi connectivity index (χ1n) is 6.34. The molecule has 0 aromatic heterocycles. The highest BCUT2D eigenvalue weighted by Gasteiger charge is 2.60. The summed E-state index contributed by atoms with van der Waals surface area (Å²) >= 11 is 0. The number of hydrogen-bond acceptors (Lipinski definition) is 2. The van der Waals surface area contributed by atoms with E-state index in [4.69, 9.17) is 0 Å². The van der Waals surface area contributed by atoms with E-state index in [1.54, 1.807) is 0 Å². The first kappa shape index (κ1) is 13.1. The average molecular weight is 247 g/mol.